The first kappa shape index (κ1) is 26.5. The van der Waals surface area contributed by atoms with Crippen LogP contribution >= 0.6 is 11.6 Å². The SMILES string of the molecule is CCOc1ccccc1Oc1c(C(F)(F)F)oc2cc(OC(=O)c3ccc([N+](=O)[O-])cc3Cl)ccc2c1=O. The van der Waals surface area contributed by atoms with Crippen LogP contribution in [0.1, 0.15) is 23.0 Å². The summed E-state index contributed by atoms with van der Waals surface area (Å²) in [6.45, 7) is 1.87. The van der Waals surface area contributed by atoms with Crippen LogP contribution in [0.15, 0.2) is 69.9 Å². The van der Waals surface area contributed by atoms with E-state index in [1.54, 1.807) is 13.0 Å². The van der Waals surface area contributed by atoms with Gasteiger partial charge in [0.15, 0.2) is 11.5 Å². The zero-order valence-electron chi connectivity index (χ0n) is 19.2. The van der Waals surface area contributed by atoms with Crippen LogP contribution in [0.25, 0.3) is 11.0 Å². The summed E-state index contributed by atoms with van der Waals surface area (Å²) >= 11 is 5.92. The minimum Gasteiger partial charge on any atom is -0.490 e. The third-order valence-electron chi connectivity index (χ3n) is 5.03. The number of carbonyl (C=O) groups is 1. The molecule has 13 heteroatoms. The molecule has 0 aliphatic carbocycles. The minimum atomic E-state index is -5.12. The lowest BCUT2D eigenvalue weighted by molar-refractivity contribution is -0.384. The van der Waals surface area contributed by atoms with Crippen molar-refractivity contribution in [1.82, 2.24) is 0 Å². The fourth-order valence-corrected chi connectivity index (χ4v) is 3.62. The first-order chi connectivity index (χ1) is 18.0. The van der Waals surface area contributed by atoms with Crippen LogP contribution in [-0.2, 0) is 6.18 Å². The number of benzene rings is 3. The molecular weight excluding hydrogens is 535 g/mol. The zero-order chi connectivity index (χ0) is 27.6. The second-order valence-electron chi connectivity index (χ2n) is 7.54. The molecule has 0 aliphatic heterocycles. The smallest absolute Gasteiger partial charge is 0.453 e. The lowest BCUT2D eigenvalue weighted by atomic mass is 10.2. The van der Waals surface area contributed by atoms with E-state index < -0.39 is 39.6 Å². The van der Waals surface area contributed by atoms with Gasteiger partial charge in [0.2, 0.25) is 11.2 Å². The third-order valence-corrected chi connectivity index (χ3v) is 5.35. The number of hydrogen-bond donors (Lipinski definition) is 0. The molecule has 4 rings (SSSR count). The third kappa shape index (κ3) is 5.39. The van der Waals surface area contributed by atoms with Gasteiger partial charge in [0.25, 0.3) is 11.4 Å². The molecule has 4 aromatic rings. The van der Waals surface area contributed by atoms with Crippen molar-refractivity contribution in [3.63, 3.8) is 0 Å². The highest BCUT2D eigenvalue weighted by molar-refractivity contribution is 6.33. The zero-order valence-corrected chi connectivity index (χ0v) is 20.0. The predicted molar refractivity (Wildman–Crippen MR) is 128 cm³/mol. The van der Waals surface area contributed by atoms with E-state index in [9.17, 15) is 32.9 Å². The van der Waals surface area contributed by atoms with Crippen molar-refractivity contribution >= 4 is 34.2 Å². The molecule has 0 aliphatic rings. The number of alkyl halides is 3. The lowest BCUT2D eigenvalue weighted by Gasteiger charge is -2.15. The van der Waals surface area contributed by atoms with Crippen molar-refractivity contribution in [2.24, 2.45) is 0 Å². The average Bonchev–Trinajstić information content (AvgIpc) is 2.86. The molecule has 38 heavy (non-hydrogen) atoms. The molecular formula is C25H15ClF3NO8. The van der Waals surface area contributed by atoms with E-state index in [0.717, 1.165) is 36.4 Å². The fraction of sp³-hybridized carbons (Fsp3) is 0.120. The highest BCUT2D eigenvalue weighted by atomic mass is 35.5. The summed E-state index contributed by atoms with van der Waals surface area (Å²) in [7, 11) is 0. The number of nitro benzene ring substituents is 1. The van der Waals surface area contributed by atoms with Gasteiger partial charge in [-0.2, -0.15) is 13.2 Å². The van der Waals surface area contributed by atoms with E-state index in [1.165, 1.54) is 18.2 Å². The summed E-state index contributed by atoms with van der Waals surface area (Å²) in [5.41, 5.74) is -2.25. The van der Waals surface area contributed by atoms with Gasteiger partial charge >= 0.3 is 12.1 Å². The van der Waals surface area contributed by atoms with E-state index in [4.69, 9.17) is 30.2 Å². The number of fused-ring (bicyclic) bond motifs is 1. The first-order valence-electron chi connectivity index (χ1n) is 10.7. The summed E-state index contributed by atoms with van der Waals surface area (Å²) in [4.78, 5) is 35.7. The van der Waals surface area contributed by atoms with Crippen LogP contribution < -0.4 is 19.6 Å². The van der Waals surface area contributed by atoms with E-state index in [-0.39, 0.29) is 45.5 Å². The monoisotopic (exact) mass is 549 g/mol. The van der Waals surface area contributed by atoms with Crippen LogP contribution in [0, 0.1) is 10.1 Å². The number of non-ortho nitro benzene ring substituents is 1. The van der Waals surface area contributed by atoms with Gasteiger partial charge in [-0.1, -0.05) is 23.7 Å². The van der Waals surface area contributed by atoms with Crippen molar-refractivity contribution < 1.29 is 41.5 Å². The van der Waals surface area contributed by atoms with Gasteiger partial charge in [0, 0.05) is 18.2 Å². The fourth-order valence-electron chi connectivity index (χ4n) is 3.36. The van der Waals surface area contributed by atoms with Gasteiger partial charge in [-0.3, -0.25) is 14.9 Å². The molecule has 3 aromatic carbocycles. The Balaban J connectivity index is 1.73. The summed E-state index contributed by atoms with van der Waals surface area (Å²) in [6.07, 6.45) is -5.12. The van der Waals surface area contributed by atoms with E-state index in [2.05, 4.69) is 0 Å². The van der Waals surface area contributed by atoms with Crippen LogP contribution in [-0.4, -0.2) is 17.5 Å². The van der Waals surface area contributed by atoms with Crippen molar-refractivity contribution in [3.05, 3.63) is 97.3 Å². The summed E-state index contributed by atoms with van der Waals surface area (Å²) in [5.74, 6) is -4.13. The number of para-hydroxylation sites is 2. The average molecular weight is 550 g/mol. The maximum atomic E-state index is 13.9. The summed E-state index contributed by atoms with van der Waals surface area (Å²) in [6, 6.07) is 12.1. The first-order valence-corrected chi connectivity index (χ1v) is 11.1. The van der Waals surface area contributed by atoms with Gasteiger partial charge in [-0.05, 0) is 37.3 Å². The molecule has 0 bridgehead atoms. The number of halogens is 4. The van der Waals surface area contributed by atoms with Crippen LogP contribution in [0.2, 0.25) is 5.02 Å². The predicted octanol–water partition coefficient (Wildman–Crippen LogP) is 6.78. The molecule has 0 N–H and O–H groups in total. The topological polar surface area (TPSA) is 118 Å². The Morgan fingerprint density at radius 2 is 1.79 bits per heavy atom. The number of ether oxygens (including phenoxy) is 3. The van der Waals surface area contributed by atoms with E-state index >= 15 is 0 Å². The van der Waals surface area contributed by atoms with Crippen LogP contribution in [0.5, 0.6) is 23.0 Å². The minimum absolute atomic E-state index is 0.120. The molecule has 0 unspecified atom stereocenters. The number of nitrogens with zero attached hydrogens (tertiary/aromatic N) is 1. The number of nitro groups is 1. The largest absolute Gasteiger partial charge is 0.490 e. The van der Waals surface area contributed by atoms with Gasteiger partial charge in [-0.25, -0.2) is 4.79 Å². The quantitative estimate of drug-likeness (QED) is 0.107. The van der Waals surface area contributed by atoms with Crippen LogP contribution in [0.4, 0.5) is 18.9 Å². The van der Waals surface area contributed by atoms with Gasteiger partial charge in [0.1, 0.15) is 11.3 Å². The molecule has 0 spiro atoms. The molecule has 0 atom stereocenters. The molecule has 1 aromatic heterocycles. The molecule has 0 amide bonds. The molecule has 9 nitrogen and oxygen atoms in total. The summed E-state index contributed by atoms with van der Waals surface area (Å²) in [5, 5.41) is 10.3. The number of rotatable bonds is 7. The van der Waals surface area contributed by atoms with Crippen LogP contribution in [0.3, 0.4) is 0 Å². The Morgan fingerprint density at radius 3 is 2.42 bits per heavy atom. The number of hydrogen-bond acceptors (Lipinski definition) is 8. The maximum absolute atomic E-state index is 13.9. The standard InChI is InChI=1S/C25H15ClF3NO8/c1-2-35-18-5-3-4-6-19(18)37-22-21(31)16-10-8-14(12-20(16)38-23(22)25(27,28)29)36-24(32)15-9-7-13(30(33)34)11-17(15)26/h3-12H,2H2,1H3. The molecule has 0 saturated carbocycles. The molecule has 0 fully saturated rings. The number of esters is 1. The highest BCUT2D eigenvalue weighted by Gasteiger charge is 2.41. The van der Waals surface area contributed by atoms with Gasteiger partial charge < -0.3 is 18.6 Å². The van der Waals surface area contributed by atoms with Crippen molar-refractivity contribution in [2.75, 3.05) is 6.61 Å². The second kappa shape index (κ2) is 10.4. The number of carbonyl (C=O) groups excluding carboxylic acids is 1. The Kier molecular flexibility index (Phi) is 7.26. The normalized spacial score (nSPS) is 11.3. The molecule has 1 heterocycles. The van der Waals surface area contributed by atoms with Crippen molar-refractivity contribution in [1.29, 1.82) is 0 Å². The Morgan fingerprint density at radius 1 is 1.08 bits per heavy atom. The van der Waals surface area contributed by atoms with E-state index in [0.29, 0.717) is 0 Å². The molecule has 0 radical (unpaired) electrons. The summed E-state index contributed by atoms with van der Waals surface area (Å²) < 4.78 is 62.5. The Labute approximate surface area is 216 Å². The van der Waals surface area contributed by atoms with E-state index in [1.807, 2.05) is 0 Å². The molecule has 0 saturated heterocycles. The highest BCUT2D eigenvalue weighted by Crippen LogP contribution is 2.40. The second-order valence-corrected chi connectivity index (χ2v) is 7.94. The molecule has 196 valence electrons. The van der Waals surface area contributed by atoms with Gasteiger partial charge in [0.05, 0.1) is 27.5 Å². The lowest BCUT2D eigenvalue weighted by Crippen LogP contribution is -2.16. The van der Waals surface area contributed by atoms with Crippen molar-refractivity contribution in [3.8, 4) is 23.0 Å². The van der Waals surface area contributed by atoms with Gasteiger partial charge in [-0.15, -0.1) is 0 Å². The maximum Gasteiger partial charge on any atom is 0.453 e. The van der Waals surface area contributed by atoms with Crippen molar-refractivity contribution in [2.45, 2.75) is 13.1 Å². The Bertz CT molecular complexity index is 1620. The Hall–Kier alpha value is -4.58.